The van der Waals surface area contributed by atoms with Gasteiger partial charge in [-0.3, -0.25) is 9.59 Å². The molecule has 2 N–H and O–H groups in total. The van der Waals surface area contributed by atoms with E-state index in [1.165, 1.54) is 19.2 Å². The molecule has 1 unspecified atom stereocenters. The number of halogens is 2. The maximum atomic E-state index is 13.3. The van der Waals surface area contributed by atoms with Gasteiger partial charge in [0.15, 0.2) is 0 Å². The lowest BCUT2D eigenvalue weighted by Crippen LogP contribution is -2.40. The Hall–Kier alpha value is -1.82. The van der Waals surface area contributed by atoms with Crippen molar-refractivity contribution >= 4 is 34.9 Å². The number of hydrogen-bond donors (Lipinski definition) is 2. The predicted octanol–water partition coefficient (Wildman–Crippen LogP) is 1.77. The van der Waals surface area contributed by atoms with Gasteiger partial charge in [-0.05, 0) is 6.07 Å². The molecule has 0 spiro atoms. The molecule has 0 aromatic heterocycles. The molecule has 1 aliphatic rings. The lowest BCUT2D eigenvalue weighted by molar-refractivity contribution is -0.142. The molecule has 0 bridgehead atoms. The van der Waals surface area contributed by atoms with Gasteiger partial charge >= 0.3 is 5.97 Å². The van der Waals surface area contributed by atoms with Crippen molar-refractivity contribution in [3.63, 3.8) is 0 Å². The number of ether oxygens (including phenoxy) is 1. The Bertz CT molecular complexity index is 521. The Labute approximate surface area is 107 Å². The molecule has 1 atom stereocenters. The first-order chi connectivity index (χ1) is 8.51. The molecule has 0 saturated carbocycles. The van der Waals surface area contributed by atoms with Gasteiger partial charge in [-0.15, -0.1) is 0 Å². The van der Waals surface area contributed by atoms with Gasteiger partial charge in [0.05, 0.1) is 29.9 Å². The van der Waals surface area contributed by atoms with E-state index in [-0.39, 0.29) is 11.4 Å². The average Bonchev–Trinajstić information content (AvgIpc) is 2.32. The Morgan fingerprint density at radius 1 is 1.50 bits per heavy atom. The molecule has 5 nitrogen and oxygen atoms in total. The third kappa shape index (κ3) is 2.38. The average molecular weight is 273 g/mol. The van der Waals surface area contributed by atoms with Gasteiger partial charge in [0.1, 0.15) is 11.9 Å². The van der Waals surface area contributed by atoms with E-state index in [9.17, 15) is 14.0 Å². The van der Waals surface area contributed by atoms with Crippen LogP contribution in [0.1, 0.15) is 6.42 Å². The van der Waals surface area contributed by atoms with Crippen LogP contribution in [0.25, 0.3) is 0 Å². The topological polar surface area (TPSA) is 67.4 Å². The second-order valence-electron chi connectivity index (χ2n) is 3.78. The highest BCUT2D eigenvalue weighted by Gasteiger charge is 2.28. The van der Waals surface area contributed by atoms with Crippen molar-refractivity contribution in [2.45, 2.75) is 12.5 Å². The van der Waals surface area contributed by atoms with Crippen molar-refractivity contribution in [1.82, 2.24) is 0 Å². The highest BCUT2D eigenvalue weighted by molar-refractivity contribution is 6.31. The summed E-state index contributed by atoms with van der Waals surface area (Å²) in [7, 11) is 1.23. The molecule has 2 rings (SSSR count). The van der Waals surface area contributed by atoms with E-state index in [2.05, 4.69) is 15.4 Å². The van der Waals surface area contributed by atoms with Gasteiger partial charge in [0.2, 0.25) is 5.91 Å². The van der Waals surface area contributed by atoms with E-state index in [1.54, 1.807) is 0 Å². The summed E-state index contributed by atoms with van der Waals surface area (Å²) in [6, 6.07) is 1.69. The van der Waals surface area contributed by atoms with Crippen LogP contribution in [0, 0.1) is 5.82 Å². The number of carbonyl (C=O) groups excluding carboxylic acids is 2. The fraction of sp³-hybridized carbons (Fsp3) is 0.273. The minimum Gasteiger partial charge on any atom is -0.469 e. The zero-order chi connectivity index (χ0) is 13.3. The molecular weight excluding hydrogens is 263 g/mol. The summed E-state index contributed by atoms with van der Waals surface area (Å²) in [6.07, 6.45) is -0.133. The minimum atomic E-state index is -0.787. The molecule has 1 heterocycles. The maximum Gasteiger partial charge on any atom is 0.308 e. The summed E-state index contributed by atoms with van der Waals surface area (Å²) in [5, 5.41) is 5.23. The van der Waals surface area contributed by atoms with Gasteiger partial charge in [-0.1, -0.05) is 11.6 Å². The van der Waals surface area contributed by atoms with Crippen LogP contribution in [0.2, 0.25) is 5.02 Å². The van der Waals surface area contributed by atoms with Crippen LogP contribution in [0.3, 0.4) is 0 Å². The lowest BCUT2D eigenvalue weighted by atomic mass is 10.1. The summed E-state index contributed by atoms with van der Waals surface area (Å²) >= 11 is 5.61. The first kappa shape index (κ1) is 12.6. The number of methoxy groups -OCH3 is 1. The third-order valence-corrected chi connectivity index (χ3v) is 2.85. The van der Waals surface area contributed by atoms with Crippen molar-refractivity contribution < 1.29 is 18.7 Å². The molecule has 1 amide bonds. The standard InChI is InChI=1S/C11H10ClFN2O3/c1-18-10(16)4-9-11(17)15-7-2-5(12)6(13)3-8(7)14-9/h2-3,9,14H,4H2,1H3,(H,15,17). The van der Waals surface area contributed by atoms with Crippen molar-refractivity contribution in [1.29, 1.82) is 0 Å². The fourth-order valence-corrected chi connectivity index (χ4v) is 1.80. The van der Waals surface area contributed by atoms with Crippen molar-refractivity contribution in [3.05, 3.63) is 23.0 Å². The smallest absolute Gasteiger partial charge is 0.308 e. The number of fused-ring (bicyclic) bond motifs is 1. The molecule has 1 aromatic carbocycles. The normalized spacial score (nSPS) is 17.5. The van der Waals surface area contributed by atoms with Crippen LogP contribution in [0.4, 0.5) is 15.8 Å². The van der Waals surface area contributed by atoms with Crippen molar-refractivity contribution in [2.75, 3.05) is 17.7 Å². The number of carbonyl (C=O) groups is 2. The van der Waals surface area contributed by atoms with Gasteiger partial charge in [0, 0.05) is 6.07 Å². The van der Waals surface area contributed by atoms with E-state index in [1.807, 2.05) is 0 Å². The minimum absolute atomic E-state index is 0.0812. The molecule has 0 aliphatic carbocycles. The Morgan fingerprint density at radius 3 is 2.89 bits per heavy atom. The third-order valence-electron chi connectivity index (χ3n) is 2.56. The highest BCUT2D eigenvalue weighted by atomic mass is 35.5. The summed E-state index contributed by atoms with van der Waals surface area (Å²) in [5.41, 5.74) is 0.762. The Balaban J connectivity index is 2.24. The summed E-state index contributed by atoms with van der Waals surface area (Å²) in [5.74, 6) is -1.52. The zero-order valence-corrected chi connectivity index (χ0v) is 10.2. The van der Waals surface area contributed by atoms with Crippen LogP contribution < -0.4 is 10.6 Å². The number of benzene rings is 1. The molecule has 0 fully saturated rings. The quantitative estimate of drug-likeness (QED) is 0.805. The molecule has 18 heavy (non-hydrogen) atoms. The summed E-state index contributed by atoms with van der Waals surface area (Å²) in [6.45, 7) is 0. The van der Waals surface area contributed by atoms with E-state index < -0.39 is 23.7 Å². The Kier molecular flexibility index (Phi) is 3.38. The number of esters is 1. The van der Waals surface area contributed by atoms with Crippen molar-refractivity contribution in [2.24, 2.45) is 0 Å². The van der Waals surface area contributed by atoms with Crippen LogP contribution in [0.15, 0.2) is 12.1 Å². The largest absolute Gasteiger partial charge is 0.469 e. The number of hydrogen-bond acceptors (Lipinski definition) is 4. The fourth-order valence-electron chi connectivity index (χ4n) is 1.64. The SMILES string of the molecule is COC(=O)CC1Nc2cc(F)c(Cl)cc2NC1=O. The maximum absolute atomic E-state index is 13.3. The second kappa shape index (κ2) is 4.81. The molecule has 1 aliphatic heterocycles. The van der Waals surface area contributed by atoms with Crippen molar-refractivity contribution in [3.8, 4) is 0 Å². The van der Waals surface area contributed by atoms with Gasteiger partial charge in [0.25, 0.3) is 0 Å². The van der Waals surface area contributed by atoms with Crippen LogP contribution >= 0.6 is 11.6 Å². The predicted molar refractivity (Wildman–Crippen MR) is 64.1 cm³/mol. The summed E-state index contributed by atoms with van der Waals surface area (Å²) in [4.78, 5) is 22.8. The molecule has 0 radical (unpaired) electrons. The van der Waals surface area contributed by atoms with Gasteiger partial charge in [-0.2, -0.15) is 0 Å². The molecular formula is C11H10ClFN2O3. The molecule has 0 saturated heterocycles. The van der Waals surface area contributed by atoms with E-state index in [4.69, 9.17) is 11.6 Å². The first-order valence-electron chi connectivity index (χ1n) is 5.14. The monoisotopic (exact) mass is 272 g/mol. The number of nitrogens with one attached hydrogen (secondary N) is 2. The van der Waals surface area contributed by atoms with Crippen LogP contribution in [-0.4, -0.2) is 25.0 Å². The molecule has 1 aromatic rings. The van der Waals surface area contributed by atoms with Gasteiger partial charge in [-0.25, -0.2) is 4.39 Å². The highest BCUT2D eigenvalue weighted by Crippen LogP contribution is 2.32. The molecule has 96 valence electrons. The zero-order valence-electron chi connectivity index (χ0n) is 9.42. The van der Waals surface area contributed by atoms with E-state index >= 15 is 0 Å². The van der Waals surface area contributed by atoms with E-state index in [0.717, 1.165) is 0 Å². The number of rotatable bonds is 2. The van der Waals surface area contributed by atoms with E-state index in [0.29, 0.717) is 11.4 Å². The lowest BCUT2D eigenvalue weighted by Gasteiger charge is -2.26. The van der Waals surface area contributed by atoms with Crippen LogP contribution in [0.5, 0.6) is 0 Å². The van der Waals surface area contributed by atoms with Crippen LogP contribution in [-0.2, 0) is 14.3 Å². The first-order valence-corrected chi connectivity index (χ1v) is 5.52. The molecule has 7 heteroatoms. The summed E-state index contributed by atoms with van der Waals surface area (Å²) < 4.78 is 17.8. The number of anilines is 2. The second-order valence-corrected chi connectivity index (χ2v) is 4.19. The number of amides is 1. The Morgan fingerprint density at radius 2 is 2.22 bits per heavy atom. The van der Waals surface area contributed by atoms with Gasteiger partial charge < -0.3 is 15.4 Å².